The molecular weight excluding hydrogens is 204 g/mol. The molecule has 70 valence electrons. The van der Waals surface area contributed by atoms with E-state index in [9.17, 15) is 4.57 Å². The van der Waals surface area contributed by atoms with E-state index in [1.807, 2.05) is 0 Å². The van der Waals surface area contributed by atoms with Gasteiger partial charge in [-0.3, -0.25) is 9.05 Å². The van der Waals surface area contributed by atoms with E-state index in [0.717, 1.165) is 0 Å². The first-order valence-corrected chi connectivity index (χ1v) is 5.13. The van der Waals surface area contributed by atoms with E-state index in [4.69, 9.17) is 9.05 Å². The van der Waals surface area contributed by atoms with Crippen LogP contribution in [0.2, 0.25) is 0 Å². The molecule has 0 N–H and O–H groups in total. The van der Waals surface area contributed by atoms with Gasteiger partial charge in [0.1, 0.15) is 0 Å². The van der Waals surface area contributed by atoms with E-state index in [2.05, 4.69) is 0 Å². The van der Waals surface area contributed by atoms with E-state index in [0.29, 0.717) is 13.2 Å². The molecule has 0 unspecified atom stereocenters. The standard InChI is InChI=1S/C6H16NO3P.K.H/c1-5-9-11(8,7(3)4)10-6-2;;/h5-6H2,1-4H3;;. The summed E-state index contributed by atoms with van der Waals surface area (Å²) >= 11 is 0. The molecule has 0 aromatic rings. The number of hydrogen-bond acceptors (Lipinski definition) is 3. The fraction of sp³-hybridized carbons (Fsp3) is 1.00. The summed E-state index contributed by atoms with van der Waals surface area (Å²) in [6.45, 7) is 4.37. The Kier molecular flexibility index (Phi) is 10.9. The average Bonchev–Trinajstić information content (AvgIpc) is 1.88. The van der Waals surface area contributed by atoms with Gasteiger partial charge in [-0.15, -0.1) is 0 Å². The molecule has 0 rings (SSSR count). The van der Waals surface area contributed by atoms with Gasteiger partial charge >= 0.3 is 59.1 Å². The molecule has 0 saturated heterocycles. The Balaban J connectivity index is 0. The minimum absolute atomic E-state index is 0. The fourth-order valence-electron chi connectivity index (χ4n) is 0.594. The summed E-state index contributed by atoms with van der Waals surface area (Å²) in [5.41, 5.74) is 0. The van der Waals surface area contributed by atoms with Crippen molar-refractivity contribution in [1.82, 2.24) is 4.67 Å². The van der Waals surface area contributed by atoms with Crippen LogP contribution in [-0.2, 0) is 13.6 Å². The van der Waals surface area contributed by atoms with Gasteiger partial charge in [-0.25, -0.2) is 9.24 Å². The second-order valence-corrected chi connectivity index (χ2v) is 4.40. The van der Waals surface area contributed by atoms with Gasteiger partial charge in [-0.1, -0.05) is 0 Å². The van der Waals surface area contributed by atoms with Gasteiger partial charge in [0.05, 0.1) is 13.2 Å². The Hall–Kier alpha value is 1.75. The first-order chi connectivity index (χ1) is 5.06. The van der Waals surface area contributed by atoms with Crippen molar-refractivity contribution in [2.24, 2.45) is 0 Å². The van der Waals surface area contributed by atoms with Crippen LogP contribution in [0, 0.1) is 0 Å². The normalized spacial score (nSPS) is 11.4. The molecule has 0 bridgehead atoms. The molecule has 0 fully saturated rings. The van der Waals surface area contributed by atoms with Gasteiger partial charge in [0.15, 0.2) is 0 Å². The summed E-state index contributed by atoms with van der Waals surface area (Å²) in [4.78, 5) is 0. The molecule has 0 aromatic heterocycles. The zero-order chi connectivity index (χ0) is 8.91. The molecule has 0 amide bonds. The molecular formula is C6H17KNO3P. The minimum atomic E-state index is -2.96. The predicted octanol–water partition coefficient (Wildman–Crippen LogP) is 1.08. The van der Waals surface area contributed by atoms with Crippen LogP contribution in [0.3, 0.4) is 0 Å². The van der Waals surface area contributed by atoms with Crippen molar-refractivity contribution in [1.29, 1.82) is 0 Å². The van der Waals surface area contributed by atoms with Crippen LogP contribution in [0.1, 0.15) is 13.8 Å². The third-order valence-electron chi connectivity index (χ3n) is 1.07. The molecule has 0 heterocycles. The molecule has 0 aliphatic heterocycles. The maximum absolute atomic E-state index is 11.6. The van der Waals surface area contributed by atoms with Crippen LogP contribution in [0.4, 0.5) is 0 Å². The molecule has 0 atom stereocenters. The summed E-state index contributed by atoms with van der Waals surface area (Å²) < 4.78 is 23.0. The van der Waals surface area contributed by atoms with E-state index in [-0.39, 0.29) is 51.4 Å². The van der Waals surface area contributed by atoms with E-state index in [1.165, 1.54) is 4.67 Å². The summed E-state index contributed by atoms with van der Waals surface area (Å²) in [6.07, 6.45) is 0. The molecule has 0 aliphatic rings. The summed E-state index contributed by atoms with van der Waals surface area (Å²) in [5, 5.41) is 0. The van der Waals surface area contributed by atoms with E-state index in [1.54, 1.807) is 27.9 Å². The number of rotatable bonds is 5. The number of hydrogen-bond donors (Lipinski definition) is 0. The monoisotopic (exact) mass is 221 g/mol. The van der Waals surface area contributed by atoms with Crippen LogP contribution in [0.5, 0.6) is 0 Å². The van der Waals surface area contributed by atoms with Crippen molar-refractivity contribution in [2.75, 3.05) is 27.3 Å². The zero-order valence-corrected chi connectivity index (χ0v) is 8.43. The van der Waals surface area contributed by atoms with Gasteiger partial charge in [0.25, 0.3) is 0 Å². The van der Waals surface area contributed by atoms with Gasteiger partial charge in [-0.05, 0) is 27.9 Å². The van der Waals surface area contributed by atoms with E-state index >= 15 is 0 Å². The Morgan fingerprint density at radius 2 is 1.50 bits per heavy atom. The SMILES string of the molecule is CCOP(=O)(OCC)N(C)C.[KH]. The molecule has 0 aromatic carbocycles. The van der Waals surface area contributed by atoms with Crippen LogP contribution in [0.15, 0.2) is 0 Å². The van der Waals surface area contributed by atoms with Crippen LogP contribution in [-0.4, -0.2) is 83.4 Å². The second-order valence-electron chi connectivity index (χ2n) is 2.15. The third-order valence-corrected chi connectivity index (χ3v) is 3.22. The van der Waals surface area contributed by atoms with Gasteiger partial charge in [0, 0.05) is 0 Å². The molecule has 0 spiro atoms. The van der Waals surface area contributed by atoms with Gasteiger partial charge < -0.3 is 0 Å². The van der Waals surface area contributed by atoms with Crippen molar-refractivity contribution < 1.29 is 13.6 Å². The number of nitrogens with zero attached hydrogens (tertiary/aromatic N) is 1. The third kappa shape index (κ3) is 5.47. The maximum atomic E-state index is 11.6. The van der Waals surface area contributed by atoms with Crippen molar-refractivity contribution >= 4 is 59.1 Å². The van der Waals surface area contributed by atoms with E-state index < -0.39 is 7.75 Å². The molecule has 0 aliphatic carbocycles. The van der Waals surface area contributed by atoms with Crippen molar-refractivity contribution in [3.8, 4) is 0 Å². The first-order valence-electron chi connectivity index (χ1n) is 3.63. The quantitative estimate of drug-likeness (QED) is 0.514. The van der Waals surface area contributed by atoms with Crippen LogP contribution < -0.4 is 0 Å². The van der Waals surface area contributed by atoms with Crippen LogP contribution in [0.25, 0.3) is 0 Å². The first kappa shape index (κ1) is 16.2. The molecule has 12 heavy (non-hydrogen) atoms. The summed E-state index contributed by atoms with van der Waals surface area (Å²) in [6, 6.07) is 0. The predicted molar refractivity (Wildman–Crippen MR) is 51.7 cm³/mol. The molecule has 0 radical (unpaired) electrons. The van der Waals surface area contributed by atoms with Crippen LogP contribution >= 0.6 is 7.75 Å². The molecule has 0 saturated carbocycles. The summed E-state index contributed by atoms with van der Waals surface area (Å²) in [7, 11) is 0.387. The molecule has 4 nitrogen and oxygen atoms in total. The Bertz CT molecular complexity index is 144. The Morgan fingerprint density at radius 1 is 1.17 bits per heavy atom. The average molecular weight is 221 g/mol. The van der Waals surface area contributed by atoms with Gasteiger partial charge in [-0.2, -0.15) is 0 Å². The van der Waals surface area contributed by atoms with Crippen molar-refractivity contribution in [3.05, 3.63) is 0 Å². The van der Waals surface area contributed by atoms with Gasteiger partial charge in [0.2, 0.25) is 0 Å². The second kappa shape index (κ2) is 8.09. The topological polar surface area (TPSA) is 38.8 Å². The fourth-order valence-corrected chi connectivity index (χ4v) is 1.78. The van der Waals surface area contributed by atoms with Crippen molar-refractivity contribution in [2.45, 2.75) is 13.8 Å². The summed E-state index contributed by atoms with van der Waals surface area (Å²) in [5.74, 6) is 0. The Morgan fingerprint density at radius 3 is 1.67 bits per heavy atom. The molecule has 6 heteroatoms. The van der Waals surface area contributed by atoms with Crippen molar-refractivity contribution in [3.63, 3.8) is 0 Å². The zero-order valence-electron chi connectivity index (χ0n) is 7.53. The Labute approximate surface area is 117 Å².